The van der Waals surface area contributed by atoms with Crippen molar-refractivity contribution in [1.82, 2.24) is 5.32 Å². The van der Waals surface area contributed by atoms with Crippen LogP contribution in [0.5, 0.6) is 5.75 Å². The first-order chi connectivity index (χ1) is 8.45. The van der Waals surface area contributed by atoms with Crippen molar-refractivity contribution >= 4 is 21.8 Å². The van der Waals surface area contributed by atoms with Crippen LogP contribution in [0.2, 0.25) is 0 Å². The van der Waals surface area contributed by atoms with E-state index in [-0.39, 0.29) is 16.5 Å². The van der Waals surface area contributed by atoms with Crippen molar-refractivity contribution in [3.8, 4) is 5.75 Å². The number of methoxy groups -OCH3 is 1. The highest BCUT2D eigenvalue weighted by molar-refractivity contribution is 9.09. The van der Waals surface area contributed by atoms with Crippen molar-refractivity contribution < 1.29 is 13.9 Å². The minimum Gasteiger partial charge on any atom is -0.494 e. The quantitative estimate of drug-likeness (QED) is 0.848. The fourth-order valence-corrected chi connectivity index (χ4v) is 1.49. The van der Waals surface area contributed by atoms with Gasteiger partial charge in [-0.05, 0) is 24.1 Å². The first kappa shape index (κ1) is 15.0. The molecule has 1 N–H and O–H groups in total. The van der Waals surface area contributed by atoms with Gasteiger partial charge in [0.05, 0.1) is 7.11 Å². The Bertz CT molecular complexity index is 423. The van der Waals surface area contributed by atoms with Crippen LogP contribution in [-0.2, 0) is 0 Å². The lowest BCUT2D eigenvalue weighted by molar-refractivity contribution is 0.0952. The van der Waals surface area contributed by atoms with Gasteiger partial charge < -0.3 is 10.1 Å². The fourth-order valence-electron chi connectivity index (χ4n) is 1.33. The summed E-state index contributed by atoms with van der Waals surface area (Å²) < 4.78 is 18.0. The molecular formula is C13H17BrFNO2. The lowest BCUT2D eigenvalue weighted by Crippen LogP contribution is -2.31. The third-order valence-corrected chi connectivity index (χ3v) is 3.98. The van der Waals surface area contributed by atoms with Crippen LogP contribution in [0.25, 0.3) is 0 Å². The van der Waals surface area contributed by atoms with E-state index in [9.17, 15) is 9.18 Å². The van der Waals surface area contributed by atoms with Crippen LogP contribution in [0, 0.1) is 11.7 Å². The van der Waals surface area contributed by atoms with Gasteiger partial charge in [0.1, 0.15) is 0 Å². The third kappa shape index (κ3) is 3.98. The summed E-state index contributed by atoms with van der Waals surface area (Å²) in [6.45, 7) is 4.65. The van der Waals surface area contributed by atoms with Crippen molar-refractivity contribution in [3.63, 3.8) is 0 Å². The second-order valence-electron chi connectivity index (χ2n) is 4.32. The van der Waals surface area contributed by atoms with E-state index in [2.05, 4.69) is 35.1 Å². The lowest BCUT2D eigenvalue weighted by atomic mass is 10.1. The average molecular weight is 318 g/mol. The van der Waals surface area contributed by atoms with Crippen LogP contribution in [0.1, 0.15) is 24.2 Å². The van der Waals surface area contributed by atoms with Crippen molar-refractivity contribution in [2.75, 3.05) is 13.7 Å². The molecule has 0 saturated carbocycles. The number of ether oxygens (including phenoxy) is 1. The molecule has 3 nitrogen and oxygen atoms in total. The van der Waals surface area contributed by atoms with E-state index in [0.717, 1.165) is 0 Å². The van der Waals surface area contributed by atoms with Gasteiger partial charge in [-0.2, -0.15) is 0 Å². The van der Waals surface area contributed by atoms with Crippen LogP contribution in [0.3, 0.4) is 0 Å². The summed E-state index contributed by atoms with van der Waals surface area (Å²) in [4.78, 5) is 12.1. The molecule has 1 atom stereocenters. The molecule has 0 aromatic heterocycles. The number of hydrogen-bond acceptors (Lipinski definition) is 2. The highest BCUT2D eigenvalue weighted by Gasteiger charge is 2.13. The Labute approximate surface area is 115 Å². The molecule has 5 heteroatoms. The maximum Gasteiger partial charge on any atom is 0.251 e. The van der Waals surface area contributed by atoms with Crippen molar-refractivity contribution in [2.45, 2.75) is 18.7 Å². The van der Waals surface area contributed by atoms with Crippen LogP contribution in [0.15, 0.2) is 18.2 Å². The molecule has 0 saturated heterocycles. The van der Waals surface area contributed by atoms with Crippen LogP contribution >= 0.6 is 15.9 Å². The average Bonchev–Trinajstić information content (AvgIpc) is 2.35. The van der Waals surface area contributed by atoms with Gasteiger partial charge in [0.15, 0.2) is 11.6 Å². The van der Waals surface area contributed by atoms with Crippen LogP contribution in [-0.4, -0.2) is 24.4 Å². The van der Waals surface area contributed by atoms with E-state index >= 15 is 0 Å². The number of amides is 1. The van der Waals surface area contributed by atoms with Crippen LogP contribution < -0.4 is 10.1 Å². The SMILES string of the molecule is COc1cc(C(=O)NCC(Br)C(C)C)ccc1F. The number of halogens is 2. The molecule has 0 aliphatic rings. The maximum absolute atomic E-state index is 13.2. The van der Waals surface area contributed by atoms with Crippen LogP contribution in [0.4, 0.5) is 4.39 Å². The Morgan fingerprint density at radius 2 is 2.17 bits per heavy atom. The molecule has 1 unspecified atom stereocenters. The Balaban J connectivity index is 2.67. The Hall–Kier alpha value is -1.10. The van der Waals surface area contributed by atoms with Gasteiger partial charge >= 0.3 is 0 Å². The van der Waals surface area contributed by atoms with Gasteiger partial charge in [0.2, 0.25) is 0 Å². The first-order valence-corrected chi connectivity index (χ1v) is 6.63. The summed E-state index contributed by atoms with van der Waals surface area (Å²) in [5.41, 5.74) is 0.386. The second kappa shape index (κ2) is 6.73. The summed E-state index contributed by atoms with van der Waals surface area (Å²) in [7, 11) is 1.37. The highest BCUT2D eigenvalue weighted by Crippen LogP contribution is 2.18. The zero-order valence-electron chi connectivity index (χ0n) is 10.7. The van der Waals surface area contributed by atoms with Gasteiger partial charge in [-0.15, -0.1) is 0 Å². The zero-order chi connectivity index (χ0) is 13.7. The Morgan fingerprint density at radius 3 is 2.72 bits per heavy atom. The standard InChI is InChI=1S/C13H17BrFNO2/c1-8(2)10(14)7-16-13(17)9-4-5-11(15)12(6-9)18-3/h4-6,8,10H,7H2,1-3H3,(H,16,17). The van der Waals surface area contributed by atoms with E-state index in [1.54, 1.807) is 0 Å². The maximum atomic E-state index is 13.2. The predicted octanol–water partition coefficient (Wildman–Crippen LogP) is 2.98. The molecule has 0 bridgehead atoms. The molecule has 1 amide bonds. The predicted molar refractivity (Wildman–Crippen MR) is 72.8 cm³/mol. The highest BCUT2D eigenvalue weighted by atomic mass is 79.9. The fraction of sp³-hybridized carbons (Fsp3) is 0.462. The molecule has 18 heavy (non-hydrogen) atoms. The van der Waals surface area contributed by atoms with E-state index in [1.807, 2.05) is 0 Å². The topological polar surface area (TPSA) is 38.3 Å². The van der Waals surface area contributed by atoms with E-state index in [1.165, 1.54) is 25.3 Å². The van der Waals surface area contributed by atoms with E-state index < -0.39 is 5.82 Å². The Kier molecular flexibility index (Phi) is 5.59. The summed E-state index contributed by atoms with van der Waals surface area (Å²) in [5.74, 6) is -0.219. The molecule has 1 aromatic carbocycles. The molecule has 0 aliphatic heterocycles. The number of hydrogen-bond donors (Lipinski definition) is 1. The summed E-state index contributed by atoms with van der Waals surface area (Å²) >= 11 is 3.48. The van der Waals surface area contributed by atoms with Crippen molar-refractivity contribution in [1.29, 1.82) is 0 Å². The van der Waals surface area contributed by atoms with Gasteiger partial charge in [-0.1, -0.05) is 29.8 Å². The van der Waals surface area contributed by atoms with Crippen molar-refractivity contribution in [3.05, 3.63) is 29.6 Å². The van der Waals surface area contributed by atoms with Gasteiger partial charge in [-0.3, -0.25) is 4.79 Å². The number of rotatable bonds is 5. The molecule has 1 aromatic rings. The third-order valence-electron chi connectivity index (χ3n) is 2.59. The number of carbonyl (C=O) groups is 1. The molecule has 0 aliphatic carbocycles. The minimum absolute atomic E-state index is 0.0712. The number of alkyl halides is 1. The normalized spacial score (nSPS) is 12.3. The monoisotopic (exact) mass is 317 g/mol. The lowest BCUT2D eigenvalue weighted by Gasteiger charge is -2.14. The summed E-state index contributed by atoms with van der Waals surface area (Å²) in [6.07, 6.45) is 0. The summed E-state index contributed by atoms with van der Waals surface area (Å²) in [5, 5.41) is 2.79. The largest absolute Gasteiger partial charge is 0.494 e. The Morgan fingerprint density at radius 1 is 1.50 bits per heavy atom. The number of carbonyl (C=O) groups excluding carboxylic acids is 1. The zero-order valence-corrected chi connectivity index (χ0v) is 12.3. The summed E-state index contributed by atoms with van der Waals surface area (Å²) in [6, 6.07) is 4.05. The number of nitrogens with one attached hydrogen (secondary N) is 1. The van der Waals surface area contributed by atoms with Gasteiger partial charge in [0, 0.05) is 16.9 Å². The molecular weight excluding hydrogens is 301 g/mol. The minimum atomic E-state index is -0.477. The number of benzene rings is 1. The van der Waals surface area contributed by atoms with E-state index in [4.69, 9.17) is 4.74 Å². The molecule has 100 valence electrons. The van der Waals surface area contributed by atoms with Gasteiger partial charge in [-0.25, -0.2) is 4.39 Å². The second-order valence-corrected chi connectivity index (χ2v) is 5.50. The molecule has 0 spiro atoms. The smallest absolute Gasteiger partial charge is 0.251 e. The first-order valence-electron chi connectivity index (χ1n) is 5.71. The molecule has 1 rings (SSSR count). The van der Waals surface area contributed by atoms with Gasteiger partial charge in [0.25, 0.3) is 5.91 Å². The molecule has 0 fully saturated rings. The molecule has 0 heterocycles. The van der Waals surface area contributed by atoms with E-state index in [0.29, 0.717) is 18.0 Å². The molecule has 0 radical (unpaired) electrons. The van der Waals surface area contributed by atoms with Crippen molar-refractivity contribution in [2.24, 2.45) is 5.92 Å².